The smallest absolute Gasteiger partial charge is 0.210 e. The highest BCUT2D eigenvalue weighted by atomic mass is 35.5. The topological polar surface area (TPSA) is 61.6 Å². The highest BCUT2D eigenvalue weighted by Gasteiger charge is 2.08. The molecule has 0 amide bonds. The van der Waals surface area contributed by atoms with Crippen LogP contribution in [0.2, 0.25) is 5.02 Å². The molecule has 0 bridgehead atoms. The third-order valence-electron chi connectivity index (χ3n) is 2.51. The zero-order chi connectivity index (χ0) is 14.5. The van der Waals surface area contributed by atoms with Crippen LogP contribution in [0.15, 0.2) is 22.5 Å². The number of rotatable bonds is 5. The zero-order valence-electron chi connectivity index (χ0n) is 11.1. The van der Waals surface area contributed by atoms with Gasteiger partial charge in [-0.05, 0) is 31.5 Å². The minimum atomic E-state index is 0.0104. The summed E-state index contributed by atoms with van der Waals surface area (Å²) in [5.41, 5.74) is 1.93. The molecule has 1 N–H and O–H groups in total. The van der Waals surface area contributed by atoms with Crippen molar-refractivity contribution < 1.29 is 0 Å². The highest BCUT2D eigenvalue weighted by molar-refractivity contribution is 8.01. The fourth-order valence-corrected chi connectivity index (χ4v) is 3.27. The Morgan fingerprint density at radius 3 is 3.00 bits per heavy atom. The predicted octanol–water partition coefficient (Wildman–Crippen LogP) is 4.50. The molecule has 20 heavy (non-hydrogen) atoms. The van der Waals surface area contributed by atoms with Crippen molar-refractivity contribution in [1.82, 2.24) is 10.2 Å². The first kappa shape index (κ1) is 15.1. The minimum absolute atomic E-state index is 0.0104. The van der Waals surface area contributed by atoms with Gasteiger partial charge in [0.2, 0.25) is 5.13 Å². The second kappa shape index (κ2) is 6.93. The Labute approximate surface area is 131 Å². The van der Waals surface area contributed by atoms with Gasteiger partial charge >= 0.3 is 0 Å². The SMILES string of the molecule is Cc1ccc(Nc2nnc(SC[C@@H](C)C#N)s2)cc1Cl. The van der Waals surface area contributed by atoms with E-state index in [9.17, 15) is 0 Å². The average Bonchev–Trinajstić information content (AvgIpc) is 2.88. The van der Waals surface area contributed by atoms with Gasteiger partial charge in [0.15, 0.2) is 4.34 Å². The Morgan fingerprint density at radius 2 is 2.30 bits per heavy atom. The number of nitrogens with zero attached hydrogens (tertiary/aromatic N) is 3. The van der Waals surface area contributed by atoms with Gasteiger partial charge in [0.05, 0.1) is 12.0 Å². The van der Waals surface area contributed by atoms with E-state index < -0.39 is 0 Å². The van der Waals surface area contributed by atoms with Crippen LogP contribution in [-0.4, -0.2) is 16.0 Å². The molecule has 0 unspecified atom stereocenters. The summed E-state index contributed by atoms with van der Waals surface area (Å²) in [4.78, 5) is 0. The van der Waals surface area contributed by atoms with E-state index in [0.29, 0.717) is 0 Å². The maximum absolute atomic E-state index is 8.74. The molecule has 0 aliphatic heterocycles. The summed E-state index contributed by atoms with van der Waals surface area (Å²) < 4.78 is 0.854. The van der Waals surface area contributed by atoms with Gasteiger partial charge in [-0.2, -0.15) is 5.26 Å². The van der Waals surface area contributed by atoms with Gasteiger partial charge in [-0.15, -0.1) is 10.2 Å². The number of hydrogen-bond donors (Lipinski definition) is 1. The van der Waals surface area contributed by atoms with E-state index in [2.05, 4.69) is 21.6 Å². The second-order valence-corrected chi connectivity index (χ2v) is 6.96. The van der Waals surface area contributed by atoms with Crippen molar-refractivity contribution in [3.05, 3.63) is 28.8 Å². The summed E-state index contributed by atoms with van der Waals surface area (Å²) in [5.74, 6) is 0.734. The maximum Gasteiger partial charge on any atom is 0.210 e. The Bertz CT molecular complexity index is 636. The molecule has 0 aliphatic rings. The van der Waals surface area contributed by atoms with Crippen molar-refractivity contribution >= 4 is 45.5 Å². The van der Waals surface area contributed by atoms with Gasteiger partial charge < -0.3 is 5.32 Å². The number of aromatic nitrogens is 2. The summed E-state index contributed by atoms with van der Waals surface area (Å²) in [6.07, 6.45) is 0. The third kappa shape index (κ3) is 4.10. The molecular weight excluding hydrogens is 312 g/mol. The van der Waals surface area contributed by atoms with Crippen molar-refractivity contribution in [3.8, 4) is 6.07 Å². The van der Waals surface area contributed by atoms with E-state index in [1.54, 1.807) is 11.8 Å². The van der Waals surface area contributed by atoms with E-state index in [0.717, 1.165) is 31.5 Å². The fourth-order valence-electron chi connectivity index (χ4n) is 1.35. The minimum Gasteiger partial charge on any atom is -0.330 e. The first-order valence-corrected chi connectivity index (χ1v) is 8.15. The molecular formula is C13H13ClN4S2. The molecule has 7 heteroatoms. The molecule has 1 atom stereocenters. The lowest BCUT2D eigenvalue weighted by Crippen LogP contribution is -1.92. The van der Waals surface area contributed by atoms with Crippen LogP contribution in [0.25, 0.3) is 0 Å². The van der Waals surface area contributed by atoms with Gasteiger partial charge in [0.25, 0.3) is 0 Å². The molecule has 1 aromatic heterocycles. The Kier molecular flexibility index (Phi) is 5.24. The van der Waals surface area contributed by atoms with Gasteiger partial charge in [-0.3, -0.25) is 0 Å². The van der Waals surface area contributed by atoms with Gasteiger partial charge in [0, 0.05) is 16.5 Å². The van der Waals surface area contributed by atoms with Crippen molar-refractivity contribution in [2.24, 2.45) is 5.92 Å². The number of thioether (sulfide) groups is 1. The lowest BCUT2D eigenvalue weighted by atomic mass is 10.2. The molecule has 0 fully saturated rings. The number of aryl methyl sites for hydroxylation is 1. The Balaban J connectivity index is 1.99. The Hall–Kier alpha value is -1.29. The largest absolute Gasteiger partial charge is 0.330 e. The van der Waals surface area contributed by atoms with Crippen LogP contribution in [0.5, 0.6) is 0 Å². The number of hydrogen-bond acceptors (Lipinski definition) is 6. The summed E-state index contributed by atoms with van der Waals surface area (Å²) in [5, 5.41) is 21.5. The number of anilines is 2. The molecule has 2 aromatic rings. The fraction of sp³-hybridized carbons (Fsp3) is 0.308. The van der Waals surface area contributed by atoms with E-state index in [4.69, 9.17) is 16.9 Å². The summed E-state index contributed by atoms with van der Waals surface area (Å²) in [6.45, 7) is 3.85. The number of nitrogens with one attached hydrogen (secondary N) is 1. The number of nitriles is 1. The molecule has 0 radical (unpaired) electrons. The van der Waals surface area contributed by atoms with Crippen LogP contribution in [0.1, 0.15) is 12.5 Å². The first-order chi connectivity index (χ1) is 9.58. The van der Waals surface area contributed by atoms with Crippen LogP contribution in [0.4, 0.5) is 10.8 Å². The average molecular weight is 325 g/mol. The van der Waals surface area contributed by atoms with Crippen LogP contribution >= 0.6 is 34.7 Å². The summed E-state index contributed by atoms with van der Waals surface area (Å²) in [6, 6.07) is 7.97. The molecule has 0 spiro atoms. The number of benzene rings is 1. The van der Waals surface area contributed by atoms with Gasteiger partial charge in [-0.1, -0.05) is 40.8 Å². The van der Waals surface area contributed by atoms with Crippen LogP contribution in [-0.2, 0) is 0 Å². The Morgan fingerprint density at radius 1 is 1.50 bits per heavy atom. The quantitative estimate of drug-likeness (QED) is 0.821. The summed E-state index contributed by atoms with van der Waals surface area (Å²) in [7, 11) is 0. The van der Waals surface area contributed by atoms with Crippen molar-refractivity contribution in [2.45, 2.75) is 18.2 Å². The first-order valence-electron chi connectivity index (χ1n) is 5.97. The van der Waals surface area contributed by atoms with Crippen molar-refractivity contribution in [1.29, 1.82) is 5.26 Å². The molecule has 1 heterocycles. The lowest BCUT2D eigenvalue weighted by molar-refractivity contribution is 0.862. The lowest BCUT2D eigenvalue weighted by Gasteiger charge is -2.03. The van der Waals surface area contributed by atoms with Crippen molar-refractivity contribution in [2.75, 3.05) is 11.1 Å². The molecule has 4 nitrogen and oxygen atoms in total. The van der Waals surface area contributed by atoms with E-state index >= 15 is 0 Å². The molecule has 1 aromatic carbocycles. The highest BCUT2D eigenvalue weighted by Crippen LogP contribution is 2.29. The zero-order valence-corrected chi connectivity index (χ0v) is 13.4. The molecule has 0 saturated carbocycles. The van der Waals surface area contributed by atoms with Crippen LogP contribution in [0, 0.1) is 24.2 Å². The van der Waals surface area contributed by atoms with Crippen LogP contribution in [0.3, 0.4) is 0 Å². The van der Waals surface area contributed by atoms with Crippen molar-refractivity contribution in [3.63, 3.8) is 0 Å². The number of halogens is 1. The van der Waals surface area contributed by atoms with Gasteiger partial charge in [-0.25, -0.2) is 0 Å². The molecule has 2 rings (SSSR count). The standard InChI is InChI=1S/C13H13ClN4S2/c1-8(6-15)7-19-13-18-17-12(20-13)16-10-4-3-9(2)11(14)5-10/h3-5,8H,7H2,1-2H3,(H,16,17)/t8-/m0/s1. The van der Waals surface area contributed by atoms with Gasteiger partial charge in [0.1, 0.15) is 0 Å². The molecule has 104 valence electrons. The summed E-state index contributed by atoms with van der Waals surface area (Å²) >= 11 is 9.09. The maximum atomic E-state index is 8.74. The normalized spacial score (nSPS) is 11.9. The monoisotopic (exact) mass is 324 g/mol. The van der Waals surface area contributed by atoms with Crippen LogP contribution < -0.4 is 5.32 Å². The molecule has 0 aliphatic carbocycles. The van der Waals surface area contributed by atoms with E-state index in [1.165, 1.54) is 11.3 Å². The van der Waals surface area contributed by atoms with E-state index in [-0.39, 0.29) is 5.92 Å². The molecule has 0 saturated heterocycles. The van der Waals surface area contributed by atoms with E-state index in [1.807, 2.05) is 32.0 Å². The third-order valence-corrected chi connectivity index (χ3v) is 5.15. The second-order valence-electron chi connectivity index (χ2n) is 4.30. The predicted molar refractivity (Wildman–Crippen MR) is 84.9 cm³/mol.